The van der Waals surface area contributed by atoms with E-state index in [1.54, 1.807) is 9.13 Å². The summed E-state index contributed by atoms with van der Waals surface area (Å²) in [6.07, 6.45) is 2.37. The highest BCUT2D eigenvalue weighted by Crippen LogP contribution is 2.45. The second kappa shape index (κ2) is 5.35. The Morgan fingerprint density at radius 3 is 2.33 bits per heavy atom. The van der Waals surface area contributed by atoms with Crippen LogP contribution in [0.5, 0.6) is 0 Å². The van der Waals surface area contributed by atoms with E-state index in [1.807, 2.05) is 20.2 Å². The summed E-state index contributed by atoms with van der Waals surface area (Å²) in [4.78, 5) is 12.0. The molecule has 3 aromatic rings. The van der Waals surface area contributed by atoms with Gasteiger partial charge in [-0.05, 0) is 43.0 Å². The number of imidazole rings is 1. The standard InChI is InChI=1S/C20H23N3O/c1-14-4-7-16(8-5-14)20(10-11-20)21-13-15-6-9-17-18(12-15)23(3)19(24)22(17)2/h4-9,12,21H,10-11,13H2,1-3H3. The second-order valence-electron chi connectivity index (χ2n) is 7.03. The Labute approximate surface area is 141 Å². The molecule has 0 unspecified atom stereocenters. The number of fused-ring (bicyclic) bond motifs is 1. The number of benzene rings is 2. The number of aromatic nitrogens is 2. The maximum absolute atomic E-state index is 12.0. The van der Waals surface area contributed by atoms with Gasteiger partial charge in [0.05, 0.1) is 11.0 Å². The maximum Gasteiger partial charge on any atom is 0.328 e. The predicted molar refractivity (Wildman–Crippen MR) is 97.1 cm³/mol. The van der Waals surface area contributed by atoms with Gasteiger partial charge in [0.2, 0.25) is 0 Å². The van der Waals surface area contributed by atoms with Crippen molar-refractivity contribution in [3.8, 4) is 0 Å². The normalized spacial score (nSPS) is 15.8. The van der Waals surface area contributed by atoms with Gasteiger partial charge in [-0.1, -0.05) is 35.9 Å². The molecule has 0 radical (unpaired) electrons. The first kappa shape index (κ1) is 15.2. The van der Waals surface area contributed by atoms with Crippen LogP contribution in [0.1, 0.15) is 29.5 Å². The van der Waals surface area contributed by atoms with Gasteiger partial charge >= 0.3 is 5.69 Å². The van der Waals surface area contributed by atoms with Gasteiger partial charge in [0.1, 0.15) is 0 Å². The first-order valence-electron chi connectivity index (χ1n) is 8.47. The van der Waals surface area contributed by atoms with Crippen LogP contribution in [0.3, 0.4) is 0 Å². The highest BCUT2D eigenvalue weighted by molar-refractivity contribution is 5.76. The lowest BCUT2D eigenvalue weighted by Gasteiger charge is -2.18. The van der Waals surface area contributed by atoms with E-state index >= 15 is 0 Å². The minimum absolute atomic E-state index is 0.0217. The molecule has 0 aliphatic heterocycles. The average Bonchev–Trinajstić information content (AvgIpc) is 3.35. The van der Waals surface area contributed by atoms with E-state index in [0.717, 1.165) is 17.6 Å². The molecule has 1 aliphatic rings. The van der Waals surface area contributed by atoms with Crippen LogP contribution < -0.4 is 11.0 Å². The van der Waals surface area contributed by atoms with Crippen LogP contribution in [-0.4, -0.2) is 9.13 Å². The van der Waals surface area contributed by atoms with Gasteiger partial charge in [0, 0.05) is 26.2 Å². The topological polar surface area (TPSA) is 39.0 Å². The molecule has 0 atom stereocenters. The van der Waals surface area contributed by atoms with Crippen molar-refractivity contribution in [2.75, 3.05) is 0 Å². The van der Waals surface area contributed by atoms with Crippen molar-refractivity contribution >= 4 is 11.0 Å². The summed E-state index contributed by atoms with van der Waals surface area (Å²) in [6.45, 7) is 2.93. The van der Waals surface area contributed by atoms with E-state index in [-0.39, 0.29) is 11.2 Å². The Morgan fingerprint density at radius 1 is 1.00 bits per heavy atom. The smallest absolute Gasteiger partial charge is 0.303 e. The molecule has 4 rings (SSSR count). The van der Waals surface area contributed by atoms with Crippen molar-refractivity contribution in [1.82, 2.24) is 14.5 Å². The van der Waals surface area contributed by atoms with Gasteiger partial charge in [-0.3, -0.25) is 9.13 Å². The van der Waals surface area contributed by atoms with Gasteiger partial charge in [-0.25, -0.2) is 4.79 Å². The van der Waals surface area contributed by atoms with Crippen LogP contribution in [-0.2, 0) is 26.2 Å². The summed E-state index contributed by atoms with van der Waals surface area (Å²) >= 11 is 0. The van der Waals surface area contributed by atoms with Crippen LogP contribution in [0.25, 0.3) is 11.0 Å². The second-order valence-corrected chi connectivity index (χ2v) is 7.03. The summed E-state index contributed by atoms with van der Waals surface area (Å²) in [5, 5.41) is 3.73. The van der Waals surface area contributed by atoms with Crippen molar-refractivity contribution in [2.45, 2.75) is 31.8 Å². The number of nitrogens with one attached hydrogen (secondary N) is 1. The lowest BCUT2D eigenvalue weighted by atomic mass is 10.0. The molecule has 24 heavy (non-hydrogen) atoms. The van der Waals surface area contributed by atoms with Gasteiger partial charge in [0.15, 0.2) is 0 Å². The molecule has 0 spiro atoms. The van der Waals surface area contributed by atoms with Crippen molar-refractivity contribution in [3.05, 3.63) is 69.6 Å². The van der Waals surface area contributed by atoms with Gasteiger partial charge in [-0.2, -0.15) is 0 Å². The van der Waals surface area contributed by atoms with E-state index in [1.165, 1.54) is 29.5 Å². The van der Waals surface area contributed by atoms with Crippen molar-refractivity contribution in [2.24, 2.45) is 14.1 Å². The van der Waals surface area contributed by atoms with Crippen LogP contribution in [0.4, 0.5) is 0 Å². The number of nitrogens with zero attached hydrogens (tertiary/aromatic N) is 2. The Balaban J connectivity index is 1.58. The van der Waals surface area contributed by atoms with Crippen LogP contribution in [0, 0.1) is 6.92 Å². The Hall–Kier alpha value is -2.33. The first-order chi connectivity index (χ1) is 11.5. The maximum atomic E-state index is 12.0. The van der Waals surface area contributed by atoms with E-state index in [4.69, 9.17) is 0 Å². The number of aryl methyl sites for hydroxylation is 3. The molecule has 1 aromatic heterocycles. The number of hydrogen-bond donors (Lipinski definition) is 1. The fourth-order valence-electron chi connectivity index (χ4n) is 3.50. The molecule has 4 heteroatoms. The fourth-order valence-corrected chi connectivity index (χ4v) is 3.50. The van der Waals surface area contributed by atoms with Crippen molar-refractivity contribution in [3.63, 3.8) is 0 Å². The Bertz CT molecular complexity index is 959. The molecule has 0 amide bonds. The third-order valence-electron chi connectivity index (χ3n) is 5.32. The fraction of sp³-hybridized carbons (Fsp3) is 0.350. The lowest BCUT2D eigenvalue weighted by molar-refractivity contribution is 0.519. The van der Waals surface area contributed by atoms with Crippen molar-refractivity contribution < 1.29 is 0 Å². The summed E-state index contributed by atoms with van der Waals surface area (Å²) in [7, 11) is 3.65. The highest BCUT2D eigenvalue weighted by atomic mass is 16.1. The zero-order valence-electron chi connectivity index (χ0n) is 14.5. The quantitative estimate of drug-likeness (QED) is 0.802. The molecule has 1 heterocycles. The SMILES string of the molecule is Cc1ccc(C2(NCc3ccc4c(c3)n(C)c(=O)n4C)CC2)cc1. The minimum Gasteiger partial charge on any atom is -0.303 e. The van der Waals surface area contributed by atoms with Crippen LogP contribution in [0.2, 0.25) is 0 Å². The third kappa shape index (κ3) is 2.38. The Kier molecular flexibility index (Phi) is 3.39. The summed E-state index contributed by atoms with van der Waals surface area (Å²) < 4.78 is 3.41. The molecule has 2 aromatic carbocycles. The van der Waals surface area contributed by atoms with Crippen LogP contribution in [0.15, 0.2) is 47.3 Å². The molecule has 1 N–H and O–H groups in total. The van der Waals surface area contributed by atoms with Gasteiger partial charge in [0.25, 0.3) is 0 Å². The minimum atomic E-state index is 0.0217. The molecule has 4 nitrogen and oxygen atoms in total. The summed E-state index contributed by atoms with van der Waals surface area (Å²) in [5.41, 5.74) is 6.00. The van der Waals surface area contributed by atoms with Crippen LogP contribution >= 0.6 is 0 Å². The van der Waals surface area contributed by atoms with E-state index in [9.17, 15) is 4.79 Å². The number of hydrogen-bond acceptors (Lipinski definition) is 2. The largest absolute Gasteiger partial charge is 0.328 e. The average molecular weight is 321 g/mol. The van der Waals surface area contributed by atoms with Gasteiger partial charge in [-0.15, -0.1) is 0 Å². The third-order valence-corrected chi connectivity index (χ3v) is 5.32. The predicted octanol–water partition coefficient (Wildman–Crippen LogP) is 2.96. The van der Waals surface area contributed by atoms with E-state index < -0.39 is 0 Å². The van der Waals surface area contributed by atoms with E-state index in [2.05, 4.69) is 48.6 Å². The summed E-state index contributed by atoms with van der Waals surface area (Å²) in [6, 6.07) is 15.1. The van der Waals surface area contributed by atoms with Gasteiger partial charge < -0.3 is 5.32 Å². The Morgan fingerprint density at radius 2 is 1.67 bits per heavy atom. The van der Waals surface area contributed by atoms with E-state index in [0.29, 0.717) is 0 Å². The molecule has 1 saturated carbocycles. The molecule has 124 valence electrons. The highest BCUT2D eigenvalue weighted by Gasteiger charge is 2.43. The molecule has 1 fully saturated rings. The lowest BCUT2D eigenvalue weighted by Crippen LogP contribution is -2.28. The molecule has 0 bridgehead atoms. The number of rotatable bonds is 4. The zero-order chi connectivity index (χ0) is 16.9. The first-order valence-corrected chi connectivity index (χ1v) is 8.47. The summed E-state index contributed by atoms with van der Waals surface area (Å²) in [5.74, 6) is 0. The molecular formula is C20H23N3O. The molecule has 0 saturated heterocycles. The monoisotopic (exact) mass is 321 g/mol. The van der Waals surface area contributed by atoms with Crippen molar-refractivity contribution in [1.29, 1.82) is 0 Å². The zero-order valence-corrected chi connectivity index (χ0v) is 14.5. The molecule has 1 aliphatic carbocycles. The molecular weight excluding hydrogens is 298 g/mol.